The third kappa shape index (κ3) is 6.45. The molecule has 3 aliphatic rings. The van der Waals surface area contributed by atoms with Crippen molar-refractivity contribution in [1.82, 2.24) is 9.97 Å². The number of benzene rings is 4. The van der Waals surface area contributed by atoms with Crippen molar-refractivity contribution < 1.29 is 18.9 Å². The van der Waals surface area contributed by atoms with Gasteiger partial charge in [-0.05, 0) is 98.5 Å². The number of pyridine rings is 2. The lowest BCUT2D eigenvalue weighted by atomic mass is 10.1. The number of fused-ring (bicyclic) bond motifs is 2. The van der Waals surface area contributed by atoms with E-state index in [1.54, 1.807) is 0 Å². The van der Waals surface area contributed by atoms with Crippen LogP contribution in [0.15, 0.2) is 109 Å². The highest BCUT2D eigenvalue weighted by molar-refractivity contribution is 6.04. The Morgan fingerprint density at radius 1 is 0.386 bits per heavy atom. The second kappa shape index (κ2) is 13.0. The van der Waals surface area contributed by atoms with Gasteiger partial charge in [-0.15, -0.1) is 0 Å². The van der Waals surface area contributed by atoms with Crippen molar-refractivity contribution in [3.05, 3.63) is 109 Å². The minimum atomic E-state index is 0.435. The molecule has 0 radical (unpaired) electrons. The van der Waals surface area contributed by atoms with Gasteiger partial charge in [0.2, 0.25) is 0 Å². The number of ether oxygens (including phenoxy) is 4. The molecule has 2 aromatic heterocycles. The van der Waals surface area contributed by atoms with Crippen molar-refractivity contribution in [1.29, 1.82) is 0 Å². The summed E-state index contributed by atoms with van der Waals surface area (Å²) in [6, 6.07) is 36.6. The molecule has 0 saturated carbocycles. The first-order valence-corrected chi connectivity index (χ1v) is 15.3. The molecule has 3 aliphatic heterocycles. The van der Waals surface area contributed by atoms with Crippen LogP contribution in [0.3, 0.4) is 0 Å². The molecule has 44 heavy (non-hydrogen) atoms. The molecule has 6 nitrogen and oxygen atoms in total. The monoisotopic (exact) mass is 582 g/mol. The van der Waals surface area contributed by atoms with Gasteiger partial charge in [0.1, 0.15) is 36.2 Å². The molecule has 220 valence electrons. The molecule has 10 bridgehead atoms. The van der Waals surface area contributed by atoms with Crippen molar-refractivity contribution in [3.63, 3.8) is 0 Å². The normalized spacial score (nSPS) is 14.4. The van der Waals surface area contributed by atoms with E-state index < -0.39 is 0 Å². The molecule has 0 N–H and O–H groups in total. The van der Waals surface area contributed by atoms with Crippen LogP contribution >= 0.6 is 0 Å². The zero-order valence-corrected chi connectivity index (χ0v) is 24.6. The first-order valence-electron chi connectivity index (χ1n) is 15.3. The smallest absolute Gasteiger partial charge is 0.123 e. The Hall–Kier alpha value is -5.10. The third-order valence-electron chi connectivity index (χ3n) is 7.82. The van der Waals surface area contributed by atoms with E-state index >= 15 is 0 Å². The molecule has 0 fully saturated rings. The molecule has 6 aromatic rings. The summed E-state index contributed by atoms with van der Waals surface area (Å²) in [5, 5.41) is 2.12. The van der Waals surface area contributed by atoms with E-state index in [0.29, 0.717) is 26.4 Å². The van der Waals surface area contributed by atoms with Gasteiger partial charge in [-0.2, -0.15) is 0 Å². The van der Waals surface area contributed by atoms with E-state index in [9.17, 15) is 0 Å². The lowest BCUT2D eigenvalue weighted by molar-refractivity contribution is 0.216. The van der Waals surface area contributed by atoms with Crippen LogP contribution in [-0.4, -0.2) is 36.4 Å². The molecule has 0 aliphatic carbocycles. The van der Waals surface area contributed by atoms with Gasteiger partial charge in [-0.25, -0.2) is 9.97 Å². The van der Waals surface area contributed by atoms with Crippen LogP contribution in [0.1, 0.15) is 25.7 Å². The zero-order chi connectivity index (χ0) is 29.6. The fourth-order valence-electron chi connectivity index (χ4n) is 5.44. The fourth-order valence-corrected chi connectivity index (χ4v) is 5.44. The van der Waals surface area contributed by atoms with E-state index in [1.807, 2.05) is 60.7 Å². The SMILES string of the molecule is c1cc2cc(c1)OCCOc1ccc(cc1)-c1ccc3ccc4ccc(nc4c3n1)-c1ccc(cc1)OCCCCCCO2. The summed E-state index contributed by atoms with van der Waals surface area (Å²) in [7, 11) is 0. The number of aromatic nitrogens is 2. The molecule has 0 spiro atoms. The number of hydrogen-bond donors (Lipinski definition) is 0. The Morgan fingerprint density at radius 2 is 0.818 bits per heavy atom. The maximum absolute atomic E-state index is 6.02. The van der Waals surface area contributed by atoms with Gasteiger partial charge in [0, 0.05) is 28.0 Å². The molecule has 5 heterocycles. The summed E-state index contributed by atoms with van der Waals surface area (Å²) < 4.78 is 23.8. The van der Waals surface area contributed by atoms with Crippen molar-refractivity contribution in [2.45, 2.75) is 25.7 Å². The molecule has 0 atom stereocenters. The highest BCUT2D eigenvalue weighted by Gasteiger charge is 2.10. The lowest BCUT2D eigenvalue weighted by Crippen LogP contribution is -2.09. The average Bonchev–Trinajstić information content (AvgIpc) is 3.08. The Labute approximate surface area is 257 Å². The van der Waals surface area contributed by atoms with Gasteiger partial charge in [0.05, 0.1) is 35.6 Å². The number of nitrogens with zero attached hydrogens (tertiary/aromatic N) is 2. The van der Waals surface area contributed by atoms with Crippen LogP contribution in [-0.2, 0) is 0 Å². The predicted molar refractivity (Wildman–Crippen MR) is 175 cm³/mol. The van der Waals surface area contributed by atoms with Gasteiger partial charge in [0.15, 0.2) is 0 Å². The van der Waals surface area contributed by atoms with Crippen LogP contribution in [0.4, 0.5) is 0 Å². The molecule has 6 heteroatoms. The predicted octanol–water partition coefficient (Wildman–Crippen LogP) is 8.91. The zero-order valence-electron chi connectivity index (χ0n) is 24.6. The first-order chi connectivity index (χ1) is 21.8. The summed E-state index contributed by atoms with van der Waals surface area (Å²) in [6.45, 7) is 2.24. The Balaban J connectivity index is 1.16. The minimum Gasteiger partial charge on any atom is -0.494 e. The van der Waals surface area contributed by atoms with Gasteiger partial charge in [-0.1, -0.05) is 30.3 Å². The maximum Gasteiger partial charge on any atom is 0.123 e. The quantitative estimate of drug-likeness (QED) is 0.167. The lowest BCUT2D eigenvalue weighted by Gasteiger charge is -2.11. The van der Waals surface area contributed by atoms with Crippen molar-refractivity contribution in [3.8, 4) is 45.5 Å². The second-order valence-electron chi connectivity index (χ2n) is 10.9. The summed E-state index contributed by atoms with van der Waals surface area (Å²) in [6.07, 6.45) is 4.19. The summed E-state index contributed by atoms with van der Waals surface area (Å²) in [4.78, 5) is 10.2. The Bertz CT molecular complexity index is 1870. The van der Waals surface area contributed by atoms with E-state index in [4.69, 9.17) is 28.9 Å². The molecule has 0 saturated heterocycles. The highest BCUT2D eigenvalue weighted by atomic mass is 16.5. The van der Waals surface area contributed by atoms with E-state index in [2.05, 4.69) is 48.5 Å². The minimum absolute atomic E-state index is 0.435. The summed E-state index contributed by atoms with van der Waals surface area (Å²) in [5.41, 5.74) is 5.63. The average molecular weight is 583 g/mol. The van der Waals surface area contributed by atoms with Crippen LogP contribution < -0.4 is 18.9 Å². The van der Waals surface area contributed by atoms with Gasteiger partial charge in [-0.3, -0.25) is 0 Å². The second-order valence-corrected chi connectivity index (χ2v) is 10.9. The third-order valence-corrected chi connectivity index (χ3v) is 7.82. The Morgan fingerprint density at radius 3 is 1.34 bits per heavy atom. The van der Waals surface area contributed by atoms with Crippen molar-refractivity contribution in [2.75, 3.05) is 26.4 Å². The van der Waals surface area contributed by atoms with Crippen LogP contribution in [0.2, 0.25) is 0 Å². The molecule has 4 aromatic carbocycles. The van der Waals surface area contributed by atoms with E-state index in [1.165, 1.54) is 0 Å². The summed E-state index contributed by atoms with van der Waals surface area (Å²) in [5.74, 6) is 3.25. The number of hydrogen-bond acceptors (Lipinski definition) is 6. The van der Waals surface area contributed by atoms with Crippen LogP contribution in [0.25, 0.3) is 44.3 Å². The molecule has 9 rings (SSSR count). The first kappa shape index (κ1) is 27.7. The number of rotatable bonds is 0. The van der Waals surface area contributed by atoms with E-state index in [-0.39, 0.29) is 0 Å². The van der Waals surface area contributed by atoms with Gasteiger partial charge in [0.25, 0.3) is 0 Å². The van der Waals surface area contributed by atoms with Crippen LogP contribution in [0, 0.1) is 0 Å². The largest absolute Gasteiger partial charge is 0.494 e. The van der Waals surface area contributed by atoms with Gasteiger partial charge >= 0.3 is 0 Å². The molecule has 0 amide bonds. The molecular formula is C38H34N2O4. The maximum atomic E-state index is 6.02. The van der Waals surface area contributed by atoms with Gasteiger partial charge < -0.3 is 18.9 Å². The molecular weight excluding hydrogens is 548 g/mol. The van der Waals surface area contributed by atoms with Crippen molar-refractivity contribution >= 4 is 21.8 Å². The Kier molecular flexibility index (Phi) is 8.22. The van der Waals surface area contributed by atoms with Crippen LogP contribution in [0.5, 0.6) is 23.0 Å². The summed E-state index contributed by atoms with van der Waals surface area (Å²) >= 11 is 0. The standard InChI is InChI=1S/C38H34N2O4/c1-2-4-23-42-33-6-5-7-34(26-33)44-25-24-43-32-18-12-28(13-19-32)36-21-15-30-9-8-29-14-20-35(39-37(29)38(30)40-36)27-10-16-31(17-11-27)41-22-3-1/h5-21,26H,1-4,22-25H2. The topological polar surface area (TPSA) is 62.7 Å². The highest BCUT2D eigenvalue weighted by Crippen LogP contribution is 2.30. The van der Waals surface area contributed by atoms with E-state index in [0.717, 1.165) is 93.0 Å². The van der Waals surface area contributed by atoms with Crippen molar-refractivity contribution in [2.24, 2.45) is 0 Å². The fraction of sp³-hybridized carbons (Fsp3) is 0.211. The molecule has 0 unspecified atom stereocenters.